The molecule has 2 aromatic carbocycles. The molecule has 0 atom stereocenters. The van der Waals surface area contributed by atoms with Gasteiger partial charge in [0.25, 0.3) is 11.0 Å². The highest BCUT2D eigenvalue weighted by molar-refractivity contribution is 7.96. The van der Waals surface area contributed by atoms with Crippen molar-refractivity contribution in [3.63, 3.8) is 0 Å². The second kappa shape index (κ2) is 8.76. The second-order valence-electron chi connectivity index (χ2n) is 6.82. The fraction of sp³-hybridized carbons (Fsp3) is 0.286. The molecular weight excluding hydrogens is 408 g/mol. The molecule has 2 heterocycles. The predicted octanol–water partition coefficient (Wildman–Crippen LogP) is 2.30. The van der Waals surface area contributed by atoms with Crippen LogP contribution in [0.5, 0.6) is 0 Å². The van der Waals surface area contributed by atoms with E-state index in [1.165, 1.54) is 4.31 Å². The Morgan fingerprint density at radius 3 is 2.50 bits per heavy atom. The van der Waals surface area contributed by atoms with Crippen molar-refractivity contribution >= 4 is 21.6 Å². The lowest BCUT2D eigenvalue weighted by atomic mass is 10.1. The van der Waals surface area contributed by atoms with Gasteiger partial charge in [-0.25, -0.2) is 0 Å². The van der Waals surface area contributed by atoms with Crippen LogP contribution < -0.4 is 4.31 Å². The first-order valence-electron chi connectivity index (χ1n) is 9.54. The molecule has 158 valence electrons. The zero-order valence-corrected chi connectivity index (χ0v) is 17.1. The van der Waals surface area contributed by atoms with Gasteiger partial charge < -0.3 is 19.1 Å². The maximum absolute atomic E-state index is 13.3. The van der Waals surface area contributed by atoms with Gasteiger partial charge in [-0.3, -0.25) is 9.10 Å². The summed E-state index contributed by atoms with van der Waals surface area (Å²) >= 11 is 0. The van der Waals surface area contributed by atoms with Gasteiger partial charge in [-0.2, -0.15) is 8.42 Å². The van der Waals surface area contributed by atoms with E-state index in [2.05, 4.69) is 0 Å². The third-order valence-electron chi connectivity index (χ3n) is 4.84. The monoisotopic (exact) mass is 430 g/mol. The van der Waals surface area contributed by atoms with E-state index in [1.807, 2.05) is 30.3 Å². The van der Waals surface area contributed by atoms with Crippen molar-refractivity contribution in [2.75, 3.05) is 37.4 Å². The average Bonchev–Trinajstić information content (AvgIpc) is 3.34. The molecule has 0 unspecified atom stereocenters. The van der Waals surface area contributed by atoms with Crippen LogP contribution in [0.25, 0.3) is 0 Å². The van der Waals surface area contributed by atoms with Crippen LogP contribution in [-0.2, 0) is 30.8 Å². The van der Waals surface area contributed by atoms with Crippen molar-refractivity contribution in [3.8, 4) is 0 Å². The highest BCUT2D eigenvalue weighted by Gasteiger charge is 2.32. The zero-order valence-electron chi connectivity index (χ0n) is 16.3. The van der Waals surface area contributed by atoms with Gasteiger partial charge in [0.05, 0.1) is 25.4 Å². The molecule has 0 radical (unpaired) electrons. The largest absolute Gasteiger partial charge is 0.460 e. The minimum atomic E-state index is -4.02. The number of anilines is 1. The van der Waals surface area contributed by atoms with Crippen molar-refractivity contribution in [2.45, 2.75) is 6.54 Å². The molecule has 0 aliphatic carbocycles. The van der Waals surface area contributed by atoms with E-state index in [9.17, 15) is 13.2 Å². The fourth-order valence-corrected chi connectivity index (χ4v) is 4.59. The summed E-state index contributed by atoms with van der Waals surface area (Å²) in [4.78, 5) is 14.6. The van der Waals surface area contributed by atoms with Gasteiger partial charge in [0, 0.05) is 18.7 Å². The first-order chi connectivity index (χ1) is 14.6. The van der Waals surface area contributed by atoms with Gasteiger partial charge in [0.1, 0.15) is 6.26 Å². The van der Waals surface area contributed by atoms with Crippen LogP contribution >= 0.6 is 0 Å². The van der Waals surface area contributed by atoms with Crippen molar-refractivity contribution in [2.24, 2.45) is 0 Å². The van der Waals surface area contributed by atoms with Gasteiger partial charge in [-0.15, -0.1) is 0 Å². The van der Waals surface area contributed by atoms with E-state index in [0.29, 0.717) is 37.6 Å². The number of hydrogen-bond donors (Lipinski definition) is 0. The molecule has 9 heteroatoms. The number of ether oxygens (including phenoxy) is 3. The van der Waals surface area contributed by atoms with E-state index in [-0.39, 0.29) is 24.3 Å². The first-order valence-corrected chi connectivity index (χ1v) is 11.0. The minimum Gasteiger partial charge on any atom is -0.460 e. The quantitative estimate of drug-likeness (QED) is 0.699. The third kappa shape index (κ3) is 4.27. The second-order valence-corrected chi connectivity index (χ2v) is 8.61. The molecule has 0 spiro atoms. The van der Waals surface area contributed by atoms with E-state index >= 15 is 0 Å². The smallest absolute Gasteiger partial charge is 0.300 e. The third-order valence-corrected chi connectivity index (χ3v) is 6.48. The molecule has 2 aromatic rings. The van der Waals surface area contributed by atoms with Gasteiger partial charge in [0.15, 0.2) is 0 Å². The van der Waals surface area contributed by atoms with Gasteiger partial charge >= 0.3 is 10.0 Å². The summed E-state index contributed by atoms with van der Waals surface area (Å²) in [5.41, 5.74) is 1.58. The Kier molecular flexibility index (Phi) is 5.91. The SMILES string of the molecule is O=C(c1cccc(N(Cc2ccccc2)S(=O)(=O)C2=COCO2)c1)N1CCOCC1. The number of hydrogen-bond acceptors (Lipinski definition) is 6. The summed E-state index contributed by atoms with van der Waals surface area (Å²) in [5.74, 6) is -0.156. The molecule has 0 bridgehead atoms. The lowest BCUT2D eigenvalue weighted by Crippen LogP contribution is -2.40. The van der Waals surface area contributed by atoms with Crippen LogP contribution in [0, 0.1) is 0 Å². The number of amides is 1. The molecule has 1 amide bonds. The summed E-state index contributed by atoms with van der Waals surface area (Å²) in [7, 11) is -4.02. The maximum Gasteiger partial charge on any atom is 0.300 e. The first kappa shape index (κ1) is 20.2. The average molecular weight is 430 g/mol. The number of sulfonamides is 1. The Morgan fingerprint density at radius 2 is 1.80 bits per heavy atom. The summed E-state index contributed by atoms with van der Waals surface area (Å²) < 4.78 is 43.2. The molecule has 0 saturated carbocycles. The maximum atomic E-state index is 13.3. The van der Waals surface area contributed by atoms with Gasteiger partial charge in [-0.05, 0) is 23.8 Å². The van der Waals surface area contributed by atoms with Crippen LogP contribution in [0.2, 0.25) is 0 Å². The molecule has 1 fully saturated rings. The van der Waals surface area contributed by atoms with Gasteiger partial charge in [-0.1, -0.05) is 36.4 Å². The number of carbonyl (C=O) groups excluding carboxylic acids is 1. The number of morpholine rings is 1. The summed E-state index contributed by atoms with van der Waals surface area (Å²) in [6.45, 7) is 1.93. The van der Waals surface area contributed by atoms with E-state index < -0.39 is 10.0 Å². The topological polar surface area (TPSA) is 85.4 Å². The summed E-state index contributed by atoms with van der Waals surface area (Å²) in [6, 6.07) is 15.8. The van der Waals surface area contributed by atoms with E-state index in [1.54, 1.807) is 29.2 Å². The molecule has 1 saturated heterocycles. The van der Waals surface area contributed by atoms with Crippen LogP contribution in [0.3, 0.4) is 0 Å². The van der Waals surface area contributed by atoms with Crippen LogP contribution in [0.15, 0.2) is 66.0 Å². The van der Waals surface area contributed by atoms with Crippen molar-refractivity contribution in [3.05, 3.63) is 77.1 Å². The molecule has 0 N–H and O–H groups in total. The van der Waals surface area contributed by atoms with Crippen molar-refractivity contribution in [1.82, 2.24) is 4.90 Å². The zero-order chi connectivity index (χ0) is 21.0. The molecule has 4 rings (SSSR count). The van der Waals surface area contributed by atoms with Gasteiger partial charge in [0.2, 0.25) is 6.79 Å². The summed E-state index contributed by atoms with van der Waals surface area (Å²) in [5, 5.41) is -0.261. The Balaban J connectivity index is 1.69. The number of carbonyl (C=O) groups is 1. The Hall–Kier alpha value is -3.04. The van der Waals surface area contributed by atoms with Crippen LogP contribution in [0.1, 0.15) is 15.9 Å². The Bertz CT molecular complexity index is 1030. The lowest BCUT2D eigenvalue weighted by Gasteiger charge is -2.28. The van der Waals surface area contributed by atoms with Crippen molar-refractivity contribution < 1.29 is 27.4 Å². The van der Waals surface area contributed by atoms with Crippen LogP contribution in [-0.4, -0.2) is 52.3 Å². The highest BCUT2D eigenvalue weighted by atomic mass is 32.2. The molecule has 30 heavy (non-hydrogen) atoms. The number of rotatable bonds is 6. The lowest BCUT2D eigenvalue weighted by molar-refractivity contribution is 0.0303. The molecule has 0 aromatic heterocycles. The Morgan fingerprint density at radius 1 is 1.03 bits per heavy atom. The van der Waals surface area contributed by atoms with E-state index in [4.69, 9.17) is 14.2 Å². The van der Waals surface area contributed by atoms with E-state index in [0.717, 1.165) is 11.8 Å². The normalized spacial score (nSPS) is 16.4. The minimum absolute atomic E-state index is 0.0824. The standard InChI is InChI=1S/C21H22N2O6S/c24-21(22-9-11-27-12-10-22)18-7-4-8-19(13-18)23(14-17-5-2-1-3-6-17)30(25,26)20-15-28-16-29-20/h1-8,13,15H,9-12,14,16H2. The Labute approximate surface area is 175 Å². The number of nitrogens with zero attached hydrogens (tertiary/aromatic N) is 2. The number of benzene rings is 2. The van der Waals surface area contributed by atoms with Crippen LogP contribution in [0.4, 0.5) is 5.69 Å². The molecule has 2 aliphatic heterocycles. The fourth-order valence-electron chi connectivity index (χ4n) is 3.28. The van der Waals surface area contributed by atoms with Crippen molar-refractivity contribution in [1.29, 1.82) is 0 Å². The molecule has 2 aliphatic rings. The summed E-state index contributed by atoms with van der Waals surface area (Å²) in [6.07, 6.45) is 1.09. The highest BCUT2D eigenvalue weighted by Crippen LogP contribution is 2.28. The molecular formula is C21H22N2O6S. The molecule has 8 nitrogen and oxygen atoms in total. The predicted molar refractivity (Wildman–Crippen MR) is 110 cm³/mol.